The van der Waals surface area contributed by atoms with E-state index in [4.69, 9.17) is 18.4 Å². The second kappa shape index (κ2) is 11.9. The molecule has 0 saturated carbocycles. The number of hydrogen-bond acceptors (Lipinski definition) is 8. The number of benzene rings is 1. The van der Waals surface area contributed by atoms with Crippen LogP contribution in [-0.4, -0.2) is 52.4 Å². The number of hydrogen-bond donors (Lipinski definition) is 0. The highest BCUT2D eigenvalue weighted by molar-refractivity contribution is 7.86. The summed E-state index contributed by atoms with van der Waals surface area (Å²) in [5.74, 6) is -0.977. The molecule has 8 nitrogen and oxygen atoms in total. The van der Waals surface area contributed by atoms with Gasteiger partial charge in [-0.1, -0.05) is 17.7 Å². The average molecular weight is 431 g/mol. The molecule has 0 N–H and O–H groups in total. The van der Waals surface area contributed by atoms with Crippen LogP contribution in [0.3, 0.4) is 0 Å². The average Bonchev–Trinajstić information content (AvgIpc) is 2.61. The summed E-state index contributed by atoms with van der Waals surface area (Å²) in [7, 11) is -3.85. The van der Waals surface area contributed by atoms with Crippen LogP contribution in [0.4, 0.5) is 0 Å². The lowest BCUT2D eigenvalue weighted by Crippen LogP contribution is -2.36. The van der Waals surface area contributed by atoms with Gasteiger partial charge in [-0.3, -0.25) is 13.8 Å². The van der Waals surface area contributed by atoms with Crippen LogP contribution in [0.15, 0.2) is 29.2 Å². The van der Waals surface area contributed by atoms with Crippen molar-refractivity contribution in [1.29, 1.82) is 0 Å². The van der Waals surface area contributed by atoms with E-state index in [0.717, 1.165) is 5.56 Å². The van der Waals surface area contributed by atoms with Gasteiger partial charge in [0.1, 0.15) is 0 Å². The Kier molecular flexibility index (Phi) is 10.3. The molecule has 0 fully saturated rings. The van der Waals surface area contributed by atoms with E-state index < -0.39 is 27.7 Å². The summed E-state index contributed by atoms with van der Waals surface area (Å²) in [6.45, 7) is 7.30. The standard InChI is InChI=1S/C20H30O8S/c1-5-25-18(21)14-20(4,15-19(22)26-6-2)27-12-7-13-28-29(23,24)17-10-8-16(3)9-11-17/h8-11H,5-7,12-15H2,1-4H3. The van der Waals surface area contributed by atoms with Gasteiger partial charge in [-0.15, -0.1) is 0 Å². The van der Waals surface area contributed by atoms with Gasteiger partial charge in [-0.25, -0.2) is 0 Å². The highest BCUT2D eigenvalue weighted by atomic mass is 32.2. The number of rotatable bonds is 13. The SMILES string of the molecule is CCOC(=O)CC(C)(CC(=O)OCC)OCCCOS(=O)(=O)c1ccc(C)cc1. The first-order chi connectivity index (χ1) is 13.6. The van der Waals surface area contributed by atoms with Crippen LogP contribution in [0.1, 0.15) is 45.6 Å². The molecule has 0 aliphatic carbocycles. The van der Waals surface area contributed by atoms with Crippen molar-refractivity contribution in [2.24, 2.45) is 0 Å². The summed E-state index contributed by atoms with van der Waals surface area (Å²) in [6, 6.07) is 6.35. The molecule has 164 valence electrons. The summed E-state index contributed by atoms with van der Waals surface area (Å²) < 4.78 is 44.9. The van der Waals surface area contributed by atoms with Gasteiger partial charge in [0.25, 0.3) is 10.1 Å². The summed E-state index contributed by atoms with van der Waals surface area (Å²) in [5.41, 5.74) is -0.172. The molecule has 1 aromatic carbocycles. The van der Waals surface area contributed by atoms with Crippen molar-refractivity contribution in [3.63, 3.8) is 0 Å². The number of aryl methyl sites for hydroxylation is 1. The fourth-order valence-electron chi connectivity index (χ4n) is 2.52. The Labute approximate surface area is 172 Å². The van der Waals surface area contributed by atoms with E-state index in [-0.39, 0.29) is 50.6 Å². The van der Waals surface area contributed by atoms with Crippen molar-refractivity contribution < 1.29 is 36.4 Å². The van der Waals surface area contributed by atoms with Crippen molar-refractivity contribution in [2.45, 2.75) is 57.5 Å². The molecule has 1 aromatic rings. The second-order valence-electron chi connectivity index (χ2n) is 6.70. The normalized spacial score (nSPS) is 11.9. The van der Waals surface area contributed by atoms with Crippen molar-refractivity contribution in [1.82, 2.24) is 0 Å². The summed E-state index contributed by atoms with van der Waals surface area (Å²) in [6.07, 6.45) is 0.0106. The largest absolute Gasteiger partial charge is 0.466 e. The fraction of sp³-hybridized carbons (Fsp3) is 0.600. The molecule has 0 amide bonds. The smallest absolute Gasteiger partial charge is 0.308 e. The quantitative estimate of drug-likeness (QED) is 0.267. The fourth-order valence-corrected chi connectivity index (χ4v) is 3.46. The first-order valence-corrected chi connectivity index (χ1v) is 10.9. The molecule has 0 radical (unpaired) electrons. The lowest BCUT2D eigenvalue weighted by molar-refractivity contribution is -0.158. The van der Waals surface area contributed by atoms with Crippen molar-refractivity contribution >= 4 is 22.1 Å². The topological polar surface area (TPSA) is 105 Å². The molecule has 0 bridgehead atoms. The third kappa shape index (κ3) is 9.38. The molecule has 1 rings (SSSR count). The molecule has 0 aromatic heterocycles. The third-order valence-corrected chi connectivity index (χ3v) is 5.26. The predicted octanol–water partition coefficient (Wildman–Crippen LogP) is 2.77. The lowest BCUT2D eigenvalue weighted by atomic mass is 9.97. The molecule has 0 saturated heterocycles. The lowest BCUT2D eigenvalue weighted by Gasteiger charge is -2.28. The van der Waals surface area contributed by atoms with Gasteiger partial charge >= 0.3 is 11.9 Å². The maximum Gasteiger partial charge on any atom is 0.308 e. The van der Waals surface area contributed by atoms with E-state index in [1.54, 1.807) is 32.9 Å². The van der Waals surface area contributed by atoms with E-state index >= 15 is 0 Å². The maximum atomic E-state index is 12.2. The van der Waals surface area contributed by atoms with Crippen LogP contribution < -0.4 is 0 Å². The molecular weight excluding hydrogens is 400 g/mol. The first-order valence-electron chi connectivity index (χ1n) is 9.53. The maximum absolute atomic E-state index is 12.2. The van der Waals surface area contributed by atoms with Gasteiger partial charge in [0.15, 0.2) is 0 Å². The number of carbonyl (C=O) groups excluding carboxylic acids is 2. The van der Waals surface area contributed by atoms with Gasteiger partial charge in [0, 0.05) is 6.61 Å². The molecule has 29 heavy (non-hydrogen) atoms. The van der Waals surface area contributed by atoms with Gasteiger partial charge in [-0.2, -0.15) is 8.42 Å². The summed E-state index contributed by atoms with van der Waals surface area (Å²) in [5, 5.41) is 0. The molecule has 0 aliphatic heterocycles. The minimum absolute atomic E-state index is 0.0819. The zero-order chi connectivity index (χ0) is 21.9. The highest BCUT2D eigenvalue weighted by Gasteiger charge is 2.33. The van der Waals surface area contributed by atoms with E-state index in [1.807, 2.05) is 6.92 Å². The van der Waals surface area contributed by atoms with Crippen LogP contribution in [-0.2, 0) is 38.1 Å². The molecule has 0 heterocycles. The monoisotopic (exact) mass is 430 g/mol. The molecular formula is C20H30O8S. The molecule has 0 unspecified atom stereocenters. The first kappa shape index (κ1) is 25.1. The van der Waals surface area contributed by atoms with Crippen LogP contribution in [0, 0.1) is 6.92 Å². The van der Waals surface area contributed by atoms with Gasteiger partial charge in [0.05, 0.1) is 43.2 Å². The Morgan fingerprint density at radius 2 is 1.45 bits per heavy atom. The van der Waals surface area contributed by atoms with E-state index in [1.165, 1.54) is 12.1 Å². The summed E-state index contributed by atoms with van der Waals surface area (Å²) >= 11 is 0. The third-order valence-electron chi connectivity index (χ3n) is 3.93. The molecule has 0 atom stereocenters. The Balaban J connectivity index is 2.57. The van der Waals surface area contributed by atoms with Crippen LogP contribution >= 0.6 is 0 Å². The minimum atomic E-state index is -3.85. The van der Waals surface area contributed by atoms with E-state index in [9.17, 15) is 18.0 Å². The second-order valence-corrected chi connectivity index (χ2v) is 8.32. The van der Waals surface area contributed by atoms with E-state index in [2.05, 4.69) is 0 Å². The zero-order valence-corrected chi connectivity index (χ0v) is 18.2. The van der Waals surface area contributed by atoms with E-state index in [0.29, 0.717) is 0 Å². The Hall–Kier alpha value is -1.97. The summed E-state index contributed by atoms with van der Waals surface area (Å²) in [4.78, 5) is 23.8. The Morgan fingerprint density at radius 1 is 0.931 bits per heavy atom. The van der Waals surface area contributed by atoms with Crippen LogP contribution in [0.2, 0.25) is 0 Å². The van der Waals surface area contributed by atoms with Gasteiger partial charge in [-0.05, 0) is 46.2 Å². The minimum Gasteiger partial charge on any atom is -0.466 e. The highest BCUT2D eigenvalue weighted by Crippen LogP contribution is 2.22. The predicted molar refractivity (Wildman–Crippen MR) is 106 cm³/mol. The van der Waals surface area contributed by atoms with Crippen LogP contribution in [0.25, 0.3) is 0 Å². The molecule has 0 spiro atoms. The molecule has 0 aliphatic rings. The Bertz CT molecular complexity index is 735. The van der Waals surface area contributed by atoms with Gasteiger partial charge in [0.2, 0.25) is 0 Å². The Morgan fingerprint density at radius 3 is 1.93 bits per heavy atom. The van der Waals surface area contributed by atoms with Gasteiger partial charge < -0.3 is 14.2 Å². The number of ether oxygens (including phenoxy) is 3. The van der Waals surface area contributed by atoms with Crippen LogP contribution in [0.5, 0.6) is 0 Å². The number of esters is 2. The van der Waals surface area contributed by atoms with Crippen molar-refractivity contribution in [3.05, 3.63) is 29.8 Å². The molecule has 9 heteroatoms. The zero-order valence-electron chi connectivity index (χ0n) is 17.4. The number of carbonyl (C=O) groups is 2. The van der Waals surface area contributed by atoms with Crippen molar-refractivity contribution in [2.75, 3.05) is 26.4 Å². The van der Waals surface area contributed by atoms with Crippen molar-refractivity contribution in [3.8, 4) is 0 Å².